The van der Waals surface area contributed by atoms with Gasteiger partial charge in [0, 0.05) is 18.5 Å². The standard InChI is InChI=1S/C12H16N2O5S2/c15-11(16)7-13-12(17)10-6-9(8-20-10)21(18,19)14-4-2-1-3-5-14/h6,8H,1-5,7H2,(H,13,17)(H,15,16). The summed E-state index contributed by atoms with van der Waals surface area (Å²) in [5.41, 5.74) is 0. The van der Waals surface area contributed by atoms with Gasteiger partial charge in [0.25, 0.3) is 5.91 Å². The Morgan fingerprint density at radius 1 is 1.29 bits per heavy atom. The van der Waals surface area contributed by atoms with Gasteiger partial charge in [-0.15, -0.1) is 11.3 Å². The van der Waals surface area contributed by atoms with Gasteiger partial charge in [0.1, 0.15) is 6.54 Å². The summed E-state index contributed by atoms with van der Waals surface area (Å²) >= 11 is 0.989. The van der Waals surface area contributed by atoms with E-state index in [1.54, 1.807) is 0 Å². The van der Waals surface area contributed by atoms with Gasteiger partial charge in [0.2, 0.25) is 10.0 Å². The van der Waals surface area contributed by atoms with Gasteiger partial charge in [0.05, 0.1) is 9.77 Å². The minimum absolute atomic E-state index is 0.0925. The van der Waals surface area contributed by atoms with Gasteiger partial charge in [-0.2, -0.15) is 4.31 Å². The van der Waals surface area contributed by atoms with Gasteiger partial charge in [-0.1, -0.05) is 6.42 Å². The number of amides is 1. The third kappa shape index (κ3) is 3.80. The molecule has 0 unspecified atom stereocenters. The number of carboxylic acid groups (broad SMARTS) is 1. The third-order valence-electron chi connectivity index (χ3n) is 3.15. The van der Waals surface area contributed by atoms with Crippen molar-refractivity contribution in [2.24, 2.45) is 0 Å². The molecule has 1 aromatic rings. The summed E-state index contributed by atoms with van der Waals surface area (Å²) in [6.45, 7) is 0.502. The summed E-state index contributed by atoms with van der Waals surface area (Å²) in [6, 6.07) is 1.30. The number of nitrogens with zero attached hydrogens (tertiary/aromatic N) is 1. The third-order valence-corrected chi connectivity index (χ3v) is 6.11. The van der Waals surface area contributed by atoms with Crippen LogP contribution in [-0.4, -0.2) is 49.3 Å². The van der Waals surface area contributed by atoms with Crippen molar-refractivity contribution in [2.45, 2.75) is 24.2 Å². The quantitative estimate of drug-likeness (QED) is 0.827. The van der Waals surface area contributed by atoms with Crippen LogP contribution in [0.5, 0.6) is 0 Å². The topological polar surface area (TPSA) is 104 Å². The van der Waals surface area contributed by atoms with E-state index in [2.05, 4.69) is 5.32 Å². The highest BCUT2D eigenvalue weighted by atomic mass is 32.2. The maximum Gasteiger partial charge on any atom is 0.322 e. The fourth-order valence-corrected chi connectivity index (χ4v) is 4.77. The smallest absolute Gasteiger partial charge is 0.322 e. The van der Waals surface area contributed by atoms with Crippen LogP contribution < -0.4 is 5.32 Å². The molecule has 0 radical (unpaired) electrons. The van der Waals surface area contributed by atoms with Gasteiger partial charge in [-0.3, -0.25) is 9.59 Å². The fourth-order valence-electron chi connectivity index (χ4n) is 2.07. The molecule has 0 aromatic carbocycles. The van der Waals surface area contributed by atoms with Crippen LogP contribution in [0.2, 0.25) is 0 Å². The molecule has 7 nitrogen and oxygen atoms in total. The molecule has 1 amide bonds. The Morgan fingerprint density at radius 2 is 1.95 bits per heavy atom. The van der Waals surface area contributed by atoms with Crippen LogP contribution in [0.3, 0.4) is 0 Å². The predicted octanol–water partition coefficient (Wildman–Crippen LogP) is 0.737. The van der Waals surface area contributed by atoms with E-state index in [1.165, 1.54) is 15.8 Å². The lowest BCUT2D eigenvalue weighted by Crippen LogP contribution is -2.35. The first kappa shape index (κ1) is 15.9. The van der Waals surface area contributed by atoms with Crippen LogP contribution >= 0.6 is 11.3 Å². The number of carboxylic acids is 1. The Hall–Kier alpha value is -1.45. The Morgan fingerprint density at radius 3 is 2.57 bits per heavy atom. The number of nitrogens with one attached hydrogen (secondary N) is 1. The zero-order valence-electron chi connectivity index (χ0n) is 11.2. The van der Waals surface area contributed by atoms with Crippen LogP contribution in [0.4, 0.5) is 0 Å². The maximum atomic E-state index is 12.4. The van der Waals surface area contributed by atoms with E-state index < -0.39 is 28.4 Å². The second-order valence-electron chi connectivity index (χ2n) is 4.69. The molecule has 2 heterocycles. The molecule has 2 rings (SSSR count). The van der Waals surface area contributed by atoms with Crippen LogP contribution in [0.15, 0.2) is 16.3 Å². The van der Waals surface area contributed by atoms with E-state index in [9.17, 15) is 18.0 Å². The molecule has 0 bridgehead atoms. The average Bonchev–Trinajstić information content (AvgIpc) is 2.96. The largest absolute Gasteiger partial charge is 0.480 e. The highest BCUT2D eigenvalue weighted by molar-refractivity contribution is 7.89. The molecule has 0 saturated carbocycles. The van der Waals surface area contributed by atoms with Crippen LogP contribution in [0.1, 0.15) is 28.9 Å². The summed E-state index contributed by atoms with van der Waals surface area (Å²) in [6.07, 6.45) is 2.71. The van der Waals surface area contributed by atoms with Crippen LogP contribution in [-0.2, 0) is 14.8 Å². The lowest BCUT2D eigenvalue weighted by atomic mass is 10.2. The van der Waals surface area contributed by atoms with Crippen molar-refractivity contribution >= 4 is 33.2 Å². The van der Waals surface area contributed by atoms with E-state index in [-0.39, 0.29) is 9.77 Å². The summed E-state index contributed by atoms with van der Waals surface area (Å²) in [4.78, 5) is 22.4. The van der Waals surface area contributed by atoms with Gasteiger partial charge < -0.3 is 10.4 Å². The van der Waals surface area contributed by atoms with Crippen molar-refractivity contribution in [1.82, 2.24) is 9.62 Å². The van der Waals surface area contributed by atoms with Crippen LogP contribution in [0.25, 0.3) is 0 Å². The molecule has 116 valence electrons. The molecule has 0 aliphatic carbocycles. The molecule has 1 aliphatic heterocycles. The number of hydrogen-bond acceptors (Lipinski definition) is 5. The Balaban J connectivity index is 2.11. The Kier molecular flexibility index (Phi) is 4.96. The van der Waals surface area contributed by atoms with Gasteiger partial charge >= 0.3 is 5.97 Å². The first-order chi connectivity index (χ1) is 9.91. The summed E-state index contributed by atoms with van der Waals surface area (Å²) < 4.78 is 26.2. The highest BCUT2D eigenvalue weighted by Gasteiger charge is 2.27. The van der Waals surface area contributed by atoms with E-state index >= 15 is 0 Å². The number of aliphatic carboxylic acids is 1. The number of piperidine rings is 1. The van der Waals surface area contributed by atoms with Crippen LogP contribution in [0, 0.1) is 0 Å². The first-order valence-corrected chi connectivity index (χ1v) is 8.82. The molecule has 9 heteroatoms. The second kappa shape index (κ2) is 6.54. The zero-order valence-corrected chi connectivity index (χ0v) is 12.9. The minimum Gasteiger partial charge on any atom is -0.480 e. The zero-order chi connectivity index (χ0) is 15.5. The summed E-state index contributed by atoms with van der Waals surface area (Å²) in [7, 11) is -3.56. The van der Waals surface area contributed by atoms with Crippen molar-refractivity contribution in [3.8, 4) is 0 Å². The number of hydrogen-bond donors (Lipinski definition) is 2. The van der Waals surface area contributed by atoms with Crippen molar-refractivity contribution in [2.75, 3.05) is 19.6 Å². The van der Waals surface area contributed by atoms with E-state index in [4.69, 9.17) is 5.11 Å². The first-order valence-electron chi connectivity index (χ1n) is 6.50. The van der Waals surface area contributed by atoms with Crippen molar-refractivity contribution in [1.29, 1.82) is 0 Å². The average molecular weight is 332 g/mol. The number of thiophene rings is 1. The maximum absolute atomic E-state index is 12.4. The predicted molar refractivity (Wildman–Crippen MR) is 76.9 cm³/mol. The summed E-state index contributed by atoms with van der Waals surface area (Å²) in [5.74, 6) is -1.73. The molecular weight excluding hydrogens is 316 g/mol. The monoisotopic (exact) mass is 332 g/mol. The van der Waals surface area contributed by atoms with Crippen molar-refractivity contribution < 1.29 is 23.1 Å². The fraction of sp³-hybridized carbons (Fsp3) is 0.500. The van der Waals surface area contributed by atoms with Gasteiger partial charge in [0.15, 0.2) is 0 Å². The Bertz CT molecular complexity index is 632. The number of carbonyl (C=O) groups excluding carboxylic acids is 1. The molecule has 1 fully saturated rings. The van der Waals surface area contributed by atoms with E-state index in [1.807, 2.05) is 0 Å². The summed E-state index contributed by atoms with van der Waals surface area (Å²) in [5, 5.41) is 12.1. The number of rotatable bonds is 5. The molecule has 2 N–H and O–H groups in total. The molecular formula is C12H16N2O5S2. The number of sulfonamides is 1. The van der Waals surface area contributed by atoms with E-state index in [0.717, 1.165) is 30.6 Å². The SMILES string of the molecule is O=C(O)CNC(=O)c1cc(S(=O)(=O)N2CCCCC2)cs1. The molecule has 21 heavy (non-hydrogen) atoms. The lowest BCUT2D eigenvalue weighted by Gasteiger charge is -2.25. The molecule has 0 atom stereocenters. The van der Waals surface area contributed by atoms with Gasteiger partial charge in [-0.25, -0.2) is 8.42 Å². The minimum atomic E-state index is -3.56. The van der Waals surface area contributed by atoms with Gasteiger partial charge in [-0.05, 0) is 18.9 Å². The molecule has 1 aliphatic rings. The van der Waals surface area contributed by atoms with E-state index in [0.29, 0.717) is 13.1 Å². The second-order valence-corrected chi connectivity index (χ2v) is 7.54. The lowest BCUT2D eigenvalue weighted by molar-refractivity contribution is -0.135. The number of carbonyl (C=O) groups is 2. The normalized spacial score (nSPS) is 16.6. The van der Waals surface area contributed by atoms with Crippen molar-refractivity contribution in [3.63, 3.8) is 0 Å². The Labute approximate surface area is 126 Å². The highest BCUT2D eigenvalue weighted by Crippen LogP contribution is 2.25. The van der Waals surface area contributed by atoms with Crippen molar-refractivity contribution in [3.05, 3.63) is 16.3 Å². The molecule has 1 aromatic heterocycles. The molecule has 0 spiro atoms. The molecule has 1 saturated heterocycles.